The number of aromatic amines is 1. The van der Waals surface area contributed by atoms with E-state index in [0.717, 1.165) is 6.07 Å². The van der Waals surface area contributed by atoms with Crippen molar-refractivity contribution in [3.8, 4) is 0 Å². The Bertz CT molecular complexity index is 886. The van der Waals surface area contributed by atoms with Gasteiger partial charge in [0.2, 0.25) is 0 Å². The summed E-state index contributed by atoms with van der Waals surface area (Å²) in [6.45, 7) is 3.09. The molecule has 1 amide bonds. The zero-order chi connectivity index (χ0) is 20.5. The first-order valence-corrected chi connectivity index (χ1v) is 7.94. The Balaban J connectivity index is 2.43. The topological polar surface area (TPSA) is 74.4 Å². The third-order valence-electron chi connectivity index (χ3n) is 4.13. The second kappa shape index (κ2) is 7.34. The number of H-pyrrole nitrogens is 1. The molecule has 146 valence electrons. The Kier molecular flexibility index (Phi) is 5.53. The van der Waals surface area contributed by atoms with Gasteiger partial charge in [0.05, 0.1) is 23.9 Å². The van der Waals surface area contributed by atoms with Crippen LogP contribution < -0.4 is 10.2 Å². The summed E-state index contributed by atoms with van der Waals surface area (Å²) in [5.41, 5.74) is -0.112. The molecule has 1 heterocycles. The number of methoxy groups -OCH3 is 1. The molecule has 0 saturated carbocycles. The van der Waals surface area contributed by atoms with Crippen LogP contribution >= 0.6 is 0 Å². The standard InChI is InChI=1S/C18H20F3N3O3/c1-9-14(17(26)27-5)10(2)22-15(9)16(25)23-13-7-6-11(24(3)4)8-12(13)18(19,20)21/h6-8,22H,1-5H3,(H,23,25). The van der Waals surface area contributed by atoms with E-state index in [1.165, 1.54) is 31.1 Å². The van der Waals surface area contributed by atoms with Crippen molar-refractivity contribution in [2.24, 2.45) is 0 Å². The van der Waals surface area contributed by atoms with Gasteiger partial charge in [0.15, 0.2) is 0 Å². The molecular formula is C18H20F3N3O3. The van der Waals surface area contributed by atoms with Gasteiger partial charge in [0.25, 0.3) is 5.91 Å². The number of carbonyl (C=O) groups excluding carboxylic acids is 2. The maximum Gasteiger partial charge on any atom is 0.418 e. The van der Waals surface area contributed by atoms with E-state index in [2.05, 4.69) is 15.0 Å². The molecule has 0 unspecified atom stereocenters. The summed E-state index contributed by atoms with van der Waals surface area (Å²) >= 11 is 0. The van der Waals surface area contributed by atoms with Crippen molar-refractivity contribution in [3.05, 3.63) is 46.3 Å². The molecule has 2 N–H and O–H groups in total. The number of halogens is 3. The van der Waals surface area contributed by atoms with Crippen LogP contribution in [0.5, 0.6) is 0 Å². The number of nitrogens with one attached hydrogen (secondary N) is 2. The van der Waals surface area contributed by atoms with Crippen LogP contribution in [0.25, 0.3) is 0 Å². The molecule has 0 saturated heterocycles. The maximum absolute atomic E-state index is 13.4. The predicted molar refractivity (Wildman–Crippen MR) is 95.3 cm³/mol. The SMILES string of the molecule is COC(=O)c1c(C)[nH]c(C(=O)Nc2ccc(N(C)C)cc2C(F)(F)F)c1C. The fraction of sp³-hybridized carbons (Fsp3) is 0.333. The van der Waals surface area contributed by atoms with Gasteiger partial charge in [-0.05, 0) is 37.6 Å². The Morgan fingerprint density at radius 2 is 1.81 bits per heavy atom. The van der Waals surface area contributed by atoms with E-state index in [-0.39, 0.29) is 16.9 Å². The molecule has 0 aliphatic heterocycles. The van der Waals surface area contributed by atoms with Gasteiger partial charge >= 0.3 is 12.1 Å². The summed E-state index contributed by atoms with van der Waals surface area (Å²) < 4.78 is 44.9. The molecule has 2 rings (SSSR count). The van der Waals surface area contributed by atoms with E-state index in [9.17, 15) is 22.8 Å². The van der Waals surface area contributed by atoms with Crippen molar-refractivity contribution in [2.45, 2.75) is 20.0 Å². The average Bonchev–Trinajstić information content (AvgIpc) is 2.88. The van der Waals surface area contributed by atoms with Crippen molar-refractivity contribution in [1.82, 2.24) is 4.98 Å². The van der Waals surface area contributed by atoms with Crippen LogP contribution in [0.15, 0.2) is 18.2 Å². The zero-order valence-electron chi connectivity index (χ0n) is 15.5. The number of carbonyl (C=O) groups is 2. The Hall–Kier alpha value is -2.97. The Labute approximate surface area is 154 Å². The highest BCUT2D eigenvalue weighted by Gasteiger charge is 2.35. The van der Waals surface area contributed by atoms with Crippen molar-refractivity contribution in [1.29, 1.82) is 0 Å². The van der Waals surface area contributed by atoms with Crippen molar-refractivity contribution >= 4 is 23.3 Å². The van der Waals surface area contributed by atoms with Crippen LogP contribution in [0.1, 0.15) is 37.7 Å². The van der Waals surface area contributed by atoms with Crippen LogP contribution in [0.4, 0.5) is 24.5 Å². The first-order valence-electron chi connectivity index (χ1n) is 7.94. The normalized spacial score (nSPS) is 11.3. The highest BCUT2D eigenvalue weighted by molar-refractivity contribution is 6.07. The first-order chi connectivity index (χ1) is 12.5. The van der Waals surface area contributed by atoms with Gasteiger partial charge in [-0.2, -0.15) is 13.2 Å². The van der Waals surface area contributed by atoms with E-state index in [0.29, 0.717) is 16.9 Å². The average molecular weight is 383 g/mol. The van der Waals surface area contributed by atoms with E-state index < -0.39 is 23.6 Å². The van der Waals surface area contributed by atoms with Crippen LogP contribution in [0.2, 0.25) is 0 Å². The molecule has 9 heteroatoms. The summed E-state index contributed by atoms with van der Waals surface area (Å²) in [6, 6.07) is 3.63. The van der Waals surface area contributed by atoms with Gasteiger partial charge in [-0.1, -0.05) is 0 Å². The Morgan fingerprint density at radius 1 is 1.19 bits per heavy atom. The summed E-state index contributed by atoms with van der Waals surface area (Å²) in [7, 11) is 4.44. The van der Waals surface area contributed by atoms with E-state index in [1.54, 1.807) is 21.0 Å². The second-order valence-corrected chi connectivity index (χ2v) is 6.19. The lowest BCUT2D eigenvalue weighted by Gasteiger charge is -2.18. The number of rotatable bonds is 4. The minimum absolute atomic E-state index is 0.00212. The highest BCUT2D eigenvalue weighted by Crippen LogP contribution is 2.37. The second-order valence-electron chi connectivity index (χ2n) is 6.19. The fourth-order valence-electron chi connectivity index (χ4n) is 2.72. The van der Waals surface area contributed by atoms with E-state index in [1.807, 2.05) is 0 Å². The molecule has 0 aliphatic rings. The van der Waals surface area contributed by atoms with Crippen LogP contribution in [-0.4, -0.2) is 38.1 Å². The quantitative estimate of drug-likeness (QED) is 0.789. The summed E-state index contributed by atoms with van der Waals surface area (Å²) in [5.74, 6) is -1.42. The van der Waals surface area contributed by atoms with Gasteiger partial charge in [0.1, 0.15) is 5.69 Å². The molecule has 0 fully saturated rings. The minimum atomic E-state index is -4.65. The van der Waals surface area contributed by atoms with Crippen LogP contribution in [0.3, 0.4) is 0 Å². The maximum atomic E-state index is 13.4. The molecule has 0 aliphatic carbocycles. The lowest BCUT2D eigenvalue weighted by molar-refractivity contribution is -0.136. The largest absolute Gasteiger partial charge is 0.465 e. The number of benzene rings is 1. The molecule has 0 atom stereocenters. The van der Waals surface area contributed by atoms with E-state index >= 15 is 0 Å². The van der Waals surface area contributed by atoms with Gasteiger partial charge in [-0.15, -0.1) is 0 Å². The lowest BCUT2D eigenvalue weighted by atomic mass is 10.1. The molecule has 0 bridgehead atoms. The number of amides is 1. The third kappa shape index (κ3) is 4.07. The smallest absolute Gasteiger partial charge is 0.418 e. The number of alkyl halides is 3. The number of ether oxygens (including phenoxy) is 1. The van der Waals surface area contributed by atoms with Gasteiger partial charge in [-0.25, -0.2) is 4.79 Å². The van der Waals surface area contributed by atoms with Crippen molar-refractivity contribution < 1.29 is 27.5 Å². The fourth-order valence-corrected chi connectivity index (χ4v) is 2.72. The molecule has 27 heavy (non-hydrogen) atoms. The highest BCUT2D eigenvalue weighted by atomic mass is 19.4. The van der Waals surface area contributed by atoms with Crippen molar-refractivity contribution in [3.63, 3.8) is 0 Å². The summed E-state index contributed by atoms with van der Waals surface area (Å²) in [4.78, 5) is 28.6. The number of nitrogens with zero attached hydrogens (tertiary/aromatic N) is 1. The number of anilines is 2. The number of aromatic nitrogens is 1. The van der Waals surface area contributed by atoms with Gasteiger partial charge in [0, 0.05) is 25.5 Å². The molecule has 0 spiro atoms. The molecule has 6 nitrogen and oxygen atoms in total. The predicted octanol–water partition coefficient (Wildman–Crippen LogP) is 3.76. The molecular weight excluding hydrogens is 363 g/mol. The van der Waals surface area contributed by atoms with E-state index in [4.69, 9.17) is 0 Å². The molecule has 1 aromatic carbocycles. The number of esters is 1. The molecule has 2 aromatic rings. The lowest BCUT2D eigenvalue weighted by Crippen LogP contribution is -2.19. The summed E-state index contributed by atoms with van der Waals surface area (Å²) in [5, 5.41) is 2.28. The first kappa shape index (κ1) is 20.3. The van der Waals surface area contributed by atoms with Crippen LogP contribution in [-0.2, 0) is 10.9 Å². The Morgan fingerprint density at radius 3 is 2.33 bits per heavy atom. The molecule has 1 aromatic heterocycles. The molecule has 0 radical (unpaired) electrons. The number of aryl methyl sites for hydroxylation is 1. The van der Waals surface area contributed by atoms with Crippen molar-refractivity contribution in [2.75, 3.05) is 31.4 Å². The van der Waals surface area contributed by atoms with Gasteiger partial charge in [-0.3, -0.25) is 4.79 Å². The van der Waals surface area contributed by atoms with Crippen LogP contribution in [0, 0.1) is 13.8 Å². The zero-order valence-corrected chi connectivity index (χ0v) is 15.5. The van der Waals surface area contributed by atoms with Gasteiger partial charge < -0.3 is 19.9 Å². The minimum Gasteiger partial charge on any atom is -0.465 e. The third-order valence-corrected chi connectivity index (χ3v) is 4.13. The number of hydrogen-bond acceptors (Lipinski definition) is 4. The monoisotopic (exact) mass is 383 g/mol. The number of hydrogen-bond donors (Lipinski definition) is 2. The summed E-state index contributed by atoms with van der Waals surface area (Å²) in [6.07, 6.45) is -4.65.